The van der Waals surface area contributed by atoms with Gasteiger partial charge < -0.3 is 5.73 Å². The minimum atomic E-state index is 0.731. The van der Waals surface area contributed by atoms with Gasteiger partial charge in [0.15, 0.2) is 0 Å². The molecule has 1 aliphatic rings. The minimum absolute atomic E-state index is 0.731. The molecule has 16 heavy (non-hydrogen) atoms. The Bertz CT molecular complexity index is 356. The lowest BCUT2D eigenvalue weighted by atomic mass is 9.96. The van der Waals surface area contributed by atoms with E-state index in [2.05, 4.69) is 30.9 Å². The summed E-state index contributed by atoms with van der Waals surface area (Å²) in [4.78, 5) is 2.60. The Labute approximate surface area is 98.4 Å². The van der Waals surface area contributed by atoms with Crippen LogP contribution in [0, 0.1) is 0 Å². The maximum Gasteiger partial charge on any atom is 0.0350 e. The fourth-order valence-electron chi connectivity index (χ4n) is 2.78. The first-order chi connectivity index (χ1) is 7.76. The van der Waals surface area contributed by atoms with E-state index in [1.165, 1.54) is 24.0 Å². The van der Waals surface area contributed by atoms with Crippen LogP contribution >= 0.6 is 0 Å². The molecule has 0 bridgehead atoms. The third-order valence-electron chi connectivity index (χ3n) is 3.79. The van der Waals surface area contributed by atoms with Gasteiger partial charge in [0.25, 0.3) is 0 Å². The number of hydrogen-bond acceptors (Lipinski definition) is 2. The molecule has 0 fully saturated rings. The van der Waals surface area contributed by atoms with Crippen molar-refractivity contribution in [2.24, 2.45) is 0 Å². The van der Waals surface area contributed by atoms with E-state index in [0.29, 0.717) is 0 Å². The second-order valence-electron chi connectivity index (χ2n) is 4.68. The van der Waals surface area contributed by atoms with E-state index < -0.39 is 0 Å². The van der Waals surface area contributed by atoms with Gasteiger partial charge in [0.05, 0.1) is 0 Å². The van der Waals surface area contributed by atoms with Crippen LogP contribution < -0.4 is 5.73 Å². The molecule has 0 unspecified atom stereocenters. The first-order valence-electron chi connectivity index (χ1n) is 6.36. The molecule has 1 heterocycles. The van der Waals surface area contributed by atoms with Gasteiger partial charge in [-0.2, -0.15) is 0 Å². The molecule has 2 nitrogen and oxygen atoms in total. The number of nitrogens with zero attached hydrogens (tertiary/aromatic N) is 1. The van der Waals surface area contributed by atoms with Gasteiger partial charge in [0, 0.05) is 24.8 Å². The molecule has 2 rings (SSSR count). The predicted octanol–water partition coefficient (Wildman–Crippen LogP) is 2.82. The number of nitrogen functional groups attached to an aromatic ring is 1. The van der Waals surface area contributed by atoms with Gasteiger partial charge in [-0.15, -0.1) is 0 Å². The van der Waals surface area contributed by atoms with Crippen LogP contribution in [0.2, 0.25) is 0 Å². The lowest BCUT2D eigenvalue weighted by Crippen LogP contribution is -2.38. The highest BCUT2D eigenvalue weighted by atomic mass is 15.2. The topological polar surface area (TPSA) is 29.3 Å². The maximum atomic E-state index is 6.01. The molecule has 0 saturated heterocycles. The Morgan fingerprint density at radius 3 is 2.75 bits per heavy atom. The molecule has 88 valence electrons. The Hall–Kier alpha value is -1.02. The molecule has 0 amide bonds. The molecule has 1 aromatic carbocycles. The third-order valence-corrected chi connectivity index (χ3v) is 3.79. The normalized spacial score (nSPS) is 16.4. The molecular weight excluding hydrogens is 196 g/mol. The number of anilines is 1. The Morgan fingerprint density at radius 2 is 2.06 bits per heavy atom. The van der Waals surface area contributed by atoms with Crippen LogP contribution in [0.4, 0.5) is 5.69 Å². The summed E-state index contributed by atoms with van der Waals surface area (Å²) >= 11 is 0. The number of benzene rings is 1. The quantitative estimate of drug-likeness (QED) is 0.790. The Morgan fingerprint density at radius 1 is 1.31 bits per heavy atom. The third kappa shape index (κ3) is 2.07. The summed E-state index contributed by atoms with van der Waals surface area (Å²) in [5.41, 5.74) is 9.79. The zero-order valence-electron chi connectivity index (χ0n) is 10.4. The average Bonchev–Trinajstić information content (AvgIpc) is 2.31. The van der Waals surface area contributed by atoms with E-state index in [0.717, 1.165) is 31.2 Å². The maximum absolute atomic E-state index is 6.01. The van der Waals surface area contributed by atoms with Crippen LogP contribution in [-0.4, -0.2) is 17.5 Å². The summed E-state index contributed by atoms with van der Waals surface area (Å²) in [6, 6.07) is 7.05. The smallest absolute Gasteiger partial charge is 0.0350 e. The first-order valence-corrected chi connectivity index (χ1v) is 6.36. The second-order valence-corrected chi connectivity index (χ2v) is 4.68. The van der Waals surface area contributed by atoms with Crippen molar-refractivity contribution >= 4 is 5.69 Å². The molecule has 0 aromatic heterocycles. The van der Waals surface area contributed by atoms with Gasteiger partial charge >= 0.3 is 0 Å². The molecule has 1 aromatic rings. The second kappa shape index (κ2) is 4.88. The highest BCUT2D eigenvalue weighted by molar-refractivity contribution is 5.51. The van der Waals surface area contributed by atoms with Crippen molar-refractivity contribution in [2.45, 2.75) is 45.7 Å². The van der Waals surface area contributed by atoms with Gasteiger partial charge in [-0.3, -0.25) is 4.90 Å². The van der Waals surface area contributed by atoms with Crippen LogP contribution in [0.1, 0.15) is 37.8 Å². The van der Waals surface area contributed by atoms with Crippen LogP contribution in [-0.2, 0) is 13.0 Å². The molecule has 0 spiro atoms. The summed E-state index contributed by atoms with van der Waals surface area (Å²) in [5.74, 6) is 0. The molecular formula is C14H22N2. The standard InChI is InChI=1S/C14H22N2/c1-3-12(4-2)16-9-8-13-11(10-16)6-5-7-14(13)15/h5-7,12H,3-4,8-10,15H2,1-2H3. The van der Waals surface area contributed by atoms with E-state index in [4.69, 9.17) is 5.73 Å². The summed E-state index contributed by atoms with van der Waals surface area (Å²) < 4.78 is 0. The van der Waals surface area contributed by atoms with Gasteiger partial charge in [-0.05, 0) is 36.5 Å². The largest absolute Gasteiger partial charge is 0.398 e. The molecule has 0 saturated carbocycles. The average molecular weight is 218 g/mol. The van der Waals surface area contributed by atoms with Crippen molar-refractivity contribution < 1.29 is 0 Å². The van der Waals surface area contributed by atoms with E-state index >= 15 is 0 Å². The van der Waals surface area contributed by atoms with Crippen molar-refractivity contribution in [3.05, 3.63) is 29.3 Å². The van der Waals surface area contributed by atoms with Crippen LogP contribution in [0.3, 0.4) is 0 Å². The molecule has 1 aliphatic heterocycles. The lowest BCUT2D eigenvalue weighted by molar-refractivity contribution is 0.169. The van der Waals surface area contributed by atoms with Crippen molar-refractivity contribution in [2.75, 3.05) is 12.3 Å². The van der Waals surface area contributed by atoms with Gasteiger partial charge in [-0.25, -0.2) is 0 Å². The summed E-state index contributed by atoms with van der Waals surface area (Å²) in [5, 5.41) is 0. The number of rotatable bonds is 3. The molecule has 2 N–H and O–H groups in total. The van der Waals surface area contributed by atoms with Crippen LogP contribution in [0.5, 0.6) is 0 Å². The number of fused-ring (bicyclic) bond motifs is 1. The first kappa shape index (κ1) is 11.5. The monoisotopic (exact) mass is 218 g/mol. The van der Waals surface area contributed by atoms with Gasteiger partial charge in [-0.1, -0.05) is 26.0 Å². The molecule has 0 radical (unpaired) electrons. The fraction of sp³-hybridized carbons (Fsp3) is 0.571. The predicted molar refractivity (Wildman–Crippen MR) is 69.3 cm³/mol. The van der Waals surface area contributed by atoms with E-state index in [1.54, 1.807) is 0 Å². The fourth-order valence-corrected chi connectivity index (χ4v) is 2.78. The molecule has 0 atom stereocenters. The molecule has 0 aliphatic carbocycles. The minimum Gasteiger partial charge on any atom is -0.398 e. The summed E-state index contributed by atoms with van der Waals surface area (Å²) in [6.45, 7) is 6.80. The van der Waals surface area contributed by atoms with Gasteiger partial charge in [0.2, 0.25) is 0 Å². The van der Waals surface area contributed by atoms with Crippen molar-refractivity contribution in [1.29, 1.82) is 0 Å². The van der Waals surface area contributed by atoms with E-state index in [9.17, 15) is 0 Å². The van der Waals surface area contributed by atoms with Crippen molar-refractivity contribution in [3.8, 4) is 0 Å². The van der Waals surface area contributed by atoms with E-state index in [1.807, 2.05) is 6.07 Å². The number of nitrogens with two attached hydrogens (primary N) is 1. The lowest BCUT2D eigenvalue weighted by Gasteiger charge is -2.35. The van der Waals surface area contributed by atoms with Crippen molar-refractivity contribution in [1.82, 2.24) is 4.90 Å². The van der Waals surface area contributed by atoms with E-state index in [-0.39, 0.29) is 0 Å². The zero-order chi connectivity index (χ0) is 11.5. The Balaban J connectivity index is 2.17. The zero-order valence-corrected chi connectivity index (χ0v) is 10.4. The highest BCUT2D eigenvalue weighted by Gasteiger charge is 2.21. The number of hydrogen-bond donors (Lipinski definition) is 1. The SMILES string of the molecule is CCC(CC)N1CCc2c(N)cccc2C1. The van der Waals surface area contributed by atoms with Crippen LogP contribution in [0.25, 0.3) is 0 Å². The highest BCUT2D eigenvalue weighted by Crippen LogP contribution is 2.26. The van der Waals surface area contributed by atoms with Gasteiger partial charge in [0.1, 0.15) is 0 Å². The summed E-state index contributed by atoms with van der Waals surface area (Å²) in [6.07, 6.45) is 3.60. The summed E-state index contributed by atoms with van der Waals surface area (Å²) in [7, 11) is 0. The van der Waals surface area contributed by atoms with Crippen LogP contribution in [0.15, 0.2) is 18.2 Å². The molecule has 2 heteroatoms. The van der Waals surface area contributed by atoms with Crippen molar-refractivity contribution in [3.63, 3.8) is 0 Å². The Kier molecular flexibility index (Phi) is 3.49.